The van der Waals surface area contributed by atoms with E-state index in [2.05, 4.69) is 10.3 Å². The van der Waals surface area contributed by atoms with Crippen molar-refractivity contribution in [3.05, 3.63) is 34.9 Å². The third-order valence-electron chi connectivity index (χ3n) is 2.11. The van der Waals surface area contributed by atoms with Gasteiger partial charge in [-0.05, 0) is 25.0 Å². The first-order valence-corrected chi connectivity index (χ1v) is 4.86. The molecule has 0 atom stereocenters. The zero-order valence-electron chi connectivity index (χ0n) is 9.19. The van der Waals surface area contributed by atoms with E-state index in [1.165, 1.54) is 0 Å². The predicted molar refractivity (Wildman–Crippen MR) is 54.8 cm³/mol. The molecule has 0 amide bonds. The van der Waals surface area contributed by atoms with E-state index in [0.29, 0.717) is 0 Å². The summed E-state index contributed by atoms with van der Waals surface area (Å²) in [6, 6.07) is 5.80. The van der Waals surface area contributed by atoms with Crippen LogP contribution in [0.15, 0.2) is 18.2 Å². The summed E-state index contributed by atoms with van der Waals surface area (Å²) in [6.07, 6.45) is -4.30. The van der Waals surface area contributed by atoms with Gasteiger partial charge in [0.25, 0.3) is 0 Å². The van der Waals surface area contributed by atoms with Crippen LogP contribution in [0.25, 0.3) is 0 Å². The van der Waals surface area contributed by atoms with Gasteiger partial charge in [0.15, 0.2) is 6.61 Å². The number of benzene rings is 1. The normalized spacial score (nSPS) is 11.8. The second kappa shape index (κ2) is 5.32. The van der Waals surface area contributed by atoms with Gasteiger partial charge in [0, 0.05) is 6.54 Å². The molecule has 0 saturated heterocycles. The Morgan fingerprint density at radius 3 is 2.56 bits per heavy atom. The van der Waals surface area contributed by atoms with Gasteiger partial charge < -0.3 is 0 Å². The van der Waals surface area contributed by atoms with Gasteiger partial charge in [0.1, 0.15) is 0 Å². The van der Waals surface area contributed by atoms with E-state index in [0.717, 1.165) is 16.7 Å². The molecule has 1 aromatic carbocycles. The zero-order valence-corrected chi connectivity index (χ0v) is 9.19. The highest BCUT2D eigenvalue weighted by Gasteiger charge is 2.27. The van der Waals surface area contributed by atoms with Crippen LogP contribution in [0.1, 0.15) is 16.7 Å². The topological polar surface area (TPSA) is 21.3 Å². The van der Waals surface area contributed by atoms with Crippen LogP contribution in [0.5, 0.6) is 0 Å². The van der Waals surface area contributed by atoms with Gasteiger partial charge in [-0.25, -0.2) is 0 Å². The molecule has 0 spiro atoms. The summed E-state index contributed by atoms with van der Waals surface area (Å²) >= 11 is 0. The zero-order chi connectivity index (χ0) is 12.2. The quantitative estimate of drug-likeness (QED) is 0.637. The molecule has 16 heavy (non-hydrogen) atoms. The van der Waals surface area contributed by atoms with Crippen LogP contribution in [0.2, 0.25) is 0 Å². The van der Waals surface area contributed by atoms with E-state index in [9.17, 15) is 13.2 Å². The van der Waals surface area contributed by atoms with Crippen molar-refractivity contribution in [3.8, 4) is 0 Å². The van der Waals surface area contributed by atoms with Crippen molar-refractivity contribution in [2.24, 2.45) is 0 Å². The summed E-state index contributed by atoms with van der Waals surface area (Å²) in [5.74, 6) is 0. The molecule has 0 radical (unpaired) electrons. The first-order chi connectivity index (χ1) is 7.38. The maximum Gasteiger partial charge on any atom is 0.413 e. The average molecular weight is 233 g/mol. The van der Waals surface area contributed by atoms with E-state index in [1.54, 1.807) is 0 Å². The Balaban J connectivity index is 2.40. The summed E-state index contributed by atoms with van der Waals surface area (Å²) in [5.41, 5.74) is 5.33. The third-order valence-corrected chi connectivity index (χ3v) is 2.11. The summed E-state index contributed by atoms with van der Waals surface area (Å²) in [5, 5.41) is 0. The van der Waals surface area contributed by atoms with E-state index in [-0.39, 0.29) is 6.54 Å². The van der Waals surface area contributed by atoms with Crippen LogP contribution in [0.4, 0.5) is 13.2 Å². The highest BCUT2D eigenvalue weighted by Crippen LogP contribution is 2.14. The number of hydrogen-bond donors (Lipinski definition) is 1. The first-order valence-electron chi connectivity index (χ1n) is 4.86. The van der Waals surface area contributed by atoms with Gasteiger partial charge in [0.05, 0.1) is 0 Å². The molecule has 0 aromatic heterocycles. The summed E-state index contributed by atoms with van der Waals surface area (Å²) in [7, 11) is 0. The first kappa shape index (κ1) is 13.0. The molecule has 0 aliphatic heterocycles. The molecule has 5 heteroatoms. The van der Waals surface area contributed by atoms with Crippen molar-refractivity contribution in [2.45, 2.75) is 26.6 Å². The lowest BCUT2D eigenvalue weighted by atomic mass is 10.1. The van der Waals surface area contributed by atoms with E-state index in [4.69, 9.17) is 0 Å². The Morgan fingerprint density at radius 2 is 1.94 bits per heavy atom. The number of hydroxylamine groups is 1. The fourth-order valence-electron chi connectivity index (χ4n) is 1.25. The SMILES string of the molecule is Cc1ccc(C)c(CNOCC(F)(F)F)c1. The van der Waals surface area contributed by atoms with Crippen molar-refractivity contribution >= 4 is 0 Å². The van der Waals surface area contributed by atoms with Crippen LogP contribution in [0, 0.1) is 13.8 Å². The molecule has 2 nitrogen and oxygen atoms in total. The van der Waals surface area contributed by atoms with Crippen molar-refractivity contribution in [1.29, 1.82) is 0 Å². The summed E-state index contributed by atoms with van der Waals surface area (Å²) in [6.45, 7) is 2.82. The van der Waals surface area contributed by atoms with Gasteiger partial charge in [-0.1, -0.05) is 23.8 Å². The molecule has 0 bridgehead atoms. The number of alkyl halides is 3. The molecule has 0 heterocycles. The minimum Gasteiger partial charge on any atom is -0.292 e. The lowest BCUT2D eigenvalue weighted by Gasteiger charge is -2.10. The average Bonchev–Trinajstić information content (AvgIpc) is 2.16. The third kappa shape index (κ3) is 4.63. The largest absolute Gasteiger partial charge is 0.413 e. The fraction of sp³-hybridized carbons (Fsp3) is 0.455. The number of rotatable bonds is 4. The summed E-state index contributed by atoms with van der Waals surface area (Å²) < 4.78 is 35.3. The Bertz CT molecular complexity index is 350. The maximum absolute atomic E-state index is 11.8. The van der Waals surface area contributed by atoms with Crippen LogP contribution < -0.4 is 5.48 Å². The number of nitrogens with one attached hydrogen (secondary N) is 1. The molecular weight excluding hydrogens is 219 g/mol. The van der Waals surface area contributed by atoms with Crippen molar-refractivity contribution in [2.75, 3.05) is 6.61 Å². The molecule has 0 unspecified atom stereocenters. The molecule has 0 aliphatic carbocycles. The highest BCUT2D eigenvalue weighted by molar-refractivity contribution is 5.30. The van der Waals surface area contributed by atoms with Crippen molar-refractivity contribution in [3.63, 3.8) is 0 Å². The van der Waals surface area contributed by atoms with Crippen molar-refractivity contribution in [1.82, 2.24) is 5.48 Å². The standard InChI is InChI=1S/C11H14F3NO/c1-8-3-4-9(2)10(5-8)6-15-16-7-11(12,13)14/h3-5,15H,6-7H2,1-2H3. The van der Waals surface area contributed by atoms with E-state index < -0.39 is 12.8 Å². The number of aryl methyl sites for hydroxylation is 2. The molecule has 90 valence electrons. The lowest BCUT2D eigenvalue weighted by Crippen LogP contribution is -2.24. The smallest absolute Gasteiger partial charge is 0.292 e. The Kier molecular flexibility index (Phi) is 4.32. The number of halogens is 3. The van der Waals surface area contributed by atoms with Gasteiger partial charge in [-0.3, -0.25) is 4.84 Å². The van der Waals surface area contributed by atoms with Crippen molar-refractivity contribution < 1.29 is 18.0 Å². The molecule has 1 N–H and O–H groups in total. The Labute approximate surface area is 92.4 Å². The van der Waals surface area contributed by atoms with Crippen LogP contribution in [-0.2, 0) is 11.4 Å². The number of hydrogen-bond acceptors (Lipinski definition) is 2. The second-order valence-electron chi connectivity index (χ2n) is 3.65. The van der Waals surface area contributed by atoms with Gasteiger partial charge in [-0.2, -0.15) is 18.7 Å². The van der Waals surface area contributed by atoms with E-state index in [1.807, 2.05) is 32.0 Å². The minimum absolute atomic E-state index is 0.267. The van der Waals surface area contributed by atoms with Gasteiger partial charge in [-0.15, -0.1) is 0 Å². The molecule has 0 saturated carbocycles. The predicted octanol–water partition coefficient (Wildman–Crippen LogP) is 2.89. The minimum atomic E-state index is -4.30. The fourth-order valence-corrected chi connectivity index (χ4v) is 1.25. The second-order valence-corrected chi connectivity index (χ2v) is 3.65. The van der Waals surface area contributed by atoms with Crippen LogP contribution in [0.3, 0.4) is 0 Å². The van der Waals surface area contributed by atoms with Crippen LogP contribution >= 0.6 is 0 Å². The molecule has 1 rings (SSSR count). The van der Waals surface area contributed by atoms with Gasteiger partial charge >= 0.3 is 6.18 Å². The molecule has 0 fully saturated rings. The lowest BCUT2D eigenvalue weighted by molar-refractivity contribution is -0.190. The molecular formula is C11H14F3NO. The van der Waals surface area contributed by atoms with E-state index >= 15 is 0 Å². The Morgan fingerprint density at radius 1 is 1.25 bits per heavy atom. The van der Waals surface area contributed by atoms with Crippen LogP contribution in [-0.4, -0.2) is 12.8 Å². The monoisotopic (exact) mass is 233 g/mol. The summed E-state index contributed by atoms with van der Waals surface area (Å²) in [4.78, 5) is 4.32. The van der Waals surface area contributed by atoms with Gasteiger partial charge in [0.2, 0.25) is 0 Å². The Hall–Kier alpha value is -1.07. The molecule has 0 aliphatic rings. The molecule has 1 aromatic rings. The maximum atomic E-state index is 11.8. The highest BCUT2D eigenvalue weighted by atomic mass is 19.4.